The van der Waals surface area contributed by atoms with Crippen LogP contribution in [0.4, 0.5) is 11.4 Å². The SMILES string of the molecule is CN(c1ccc(NC=O)cc1OCc1ccccc1)S(C)(=O)=O. The van der Waals surface area contributed by atoms with Crippen LogP contribution in [-0.2, 0) is 21.4 Å². The smallest absolute Gasteiger partial charge is 0.232 e. The van der Waals surface area contributed by atoms with Crippen LogP contribution in [-0.4, -0.2) is 28.1 Å². The van der Waals surface area contributed by atoms with E-state index in [0.29, 0.717) is 23.5 Å². The van der Waals surface area contributed by atoms with Crippen molar-refractivity contribution >= 4 is 27.8 Å². The summed E-state index contributed by atoms with van der Waals surface area (Å²) in [6.07, 6.45) is 1.67. The first-order valence-electron chi connectivity index (χ1n) is 6.86. The molecule has 0 fully saturated rings. The molecule has 1 N–H and O–H groups in total. The highest BCUT2D eigenvalue weighted by atomic mass is 32.2. The van der Waals surface area contributed by atoms with E-state index in [1.807, 2.05) is 30.3 Å². The summed E-state index contributed by atoms with van der Waals surface area (Å²) >= 11 is 0. The van der Waals surface area contributed by atoms with Gasteiger partial charge in [0.1, 0.15) is 12.4 Å². The molecule has 6 nitrogen and oxygen atoms in total. The fourth-order valence-corrected chi connectivity index (χ4v) is 2.47. The van der Waals surface area contributed by atoms with Gasteiger partial charge in [0.25, 0.3) is 0 Å². The second-order valence-corrected chi connectivity index (χ2v) is 6.96. The highest BCUT2D eigenvalue weighted by Crippen LogP contribution is 2.32. The van der Waals surface area contributed by atoms with Gasteiger partial charge in [-0.05, 0) is 17.7 Å². The van der Waals surface area contributed by atoms with Gasteiger partial charge in [-0.3, -0.25) is 9.10 Å². The summed E-state index contributed by atoms with van der Waals surface area (Å²) in [5.74, 6) is 0.369. The summed E-state index contributed by atoms with van der Waals surface area (Å²) in [6, 6.07) is 14.3. The third kappa shape index (κ3) is 4.46. The van der Waals surface area contributed by atoms with Gasteiger partial charge >= 0.3 is 0 Å². The van der Waals surface area contributed by atoms with Crippen LogP contribution in [0.5, 0.6) is 5.75 Å². The lowest BCUT2D eigenvalue weighted by molar-refractivity contribution is -0.105. The number of hydrogen-bond donors (Lipinski definition) is 1. The molecule has 2 aromatic carbocycles. The first-order chi connectivity index (χ1) is 10.9. The summed E-state index contributed by atoms with van der Waals surface area (Å²) in [4.78, 5) is 10.6. The first-order valence-corrected chi connectivity index (χ1v) is 8.71. The maximum absolute atomic E-state index is 11.8. The van der Waals surface area contributed by atoms with Crippen molar-refractivity contribution in [2.24, 2.45) is 0 Å². The van der Waals surface area contributed by atoms with Crippen molar-refractivity contribution in [1.82, 2.24) is 0 Å². The number of nitrogens with one attached hydrogen (secondary N) is 1. The van der Waals surface area contributed by atoms with Crippen molar-refractivity contribution in [3.8, 4) is 5.75 Å². The zero-order valence-electron chi connectivity index (χ0n) is 12.9. The zero-order chi connectivity index (χ0) is 16.9. The van der Waals surface area contributed by atoms with Crippen LogP contribution in [0.2, 0.25) is 0 Å². The number of amides is 1. The zero-order valence-corrected chi connectivity index (χ0v) is 13.7. The largest absolute Gasteiger partial charge is 0.487 e. The third-order valence-electron chi connectivity index (χ3n) is 3.26. The molecule has 0 spiro atoms. The van der Waals surface area contributed by atoms with Gasteiger partial charge in [0, 0.05) is 18.8 Å². The Hall–Kier alpha value is -2.54. The third-order valence-corrected chi connectivity index (χ3v) is 4.45. The summed E-state index contributed by atoms with van der Waals surface area (Å²) in [6.45, 7) is 0.288. The van der Waals surface area contributed by atoms with Crippen LogP contribution < -0.4 is 14.4 Å². The van der Waals surface area contributed by atoms with Gasteiger partial charge in [-0.25, -0.2) is 8.42 Å². The highest BCUT2D eigenvalue weighted by Gasteiger charge is 2.17. The van der Waals surface area contributed by atoms with Crippen LogP contribution in [0.15, 0.2) is 48.5 Å². The van der Waals surface area contributed by atoms with E-state index in [2.05, 4.69) is 5.32 Å². The second-order valence-electron chi connectivity index (χ2n) is 4.95. The Morgan fingerprint density at radius 3 is 2.48 bits per heavy atom. The maximum Gasteiger partial charge on any atom is 0.232 e. The summed E-state index contributed by atoms with van der Waals surface area (Å²) < 4.78 is 30.4. The summed E-state index contributed by atoms with van der Waals surface area (Å²) in [5.41, 5.74) is 1.88. The van der Waals surface area contributed by atoms with Gasteiger partial charge in [0.2, 0.25) is 16.4 Å². The molecule has 1 amide bonds. The number of rotatable bonds is 7. The number of carbonyl (C=O) groups excluding carboxylic acids is 1. The molecule has 0 aliphatic rings. The lowest BCUT2D eigenvalue weighted by atomic mass is 10.2. The molecule has 122 valence electrons. The molecular formula is C16H18N2O4S. The molecule has 0 aliphatic heterocycles. The fourth-order valence-electron chi connectivity index (χ4n) is 1.96. The summed E-state index contributed by atoms with van der Waals surface area (Å²) in [5, 5.41) is 2.52. The number of hydrogen-bond acceptors (Lipinski definition) is 4. The van der Waals surface area contributed by atoms with E-state index in [9.17, 15) is 13.2 Å². The Kier molecular flexibility index (Phi) is 5.23. The Morgan fingerprint density at radius 1 is 1.17 bits per heavy atom. The molecule has 0 aliphatic carbocycles. The van der Waals surface area contributed by atoms with Crippen molar-refractivity contribution in [2.75, 3.05) is 22.9 Å². The molecule has 2 rings (SSSR count). The number of carbonyl (C=O) groups is 1. The van der Waals surface area contributed by atoms with E-state index in [4.69, 9.17) is 4.74 Å². The van der Waals surface area contributed by atoms with Gasteiger partial charge < -0.3 is 10.1 Å². The van der Waals surface area contributed by atoms with E-state index in [-0.39, 0.29) is 6.61 Å². The van der Waals surface area contributed by atoms with Gasteiger partial charge in [-0.1, -0.05) is 30.3 Å². The van der Waals surface area contributed by atoms with E-state index in [0.717, 1.165) is 16.1 Å². The number of anilines is 2. The van der Waals surface area contributed by atoms with Crippen LogP contribution >= 0.6 is 0 Å². The molecule has 0 atom stereocenters. The monoisotopic (exact) mass is 334 g/mol. The molecule has 0 saturated heterocycles. The van der Waals surface area contributed by atoms with Crippen molar-refractivity contribution in [3.05, 3.63) is 54.1 Å². The Balaban J connectivity index is 2.32. The number of benzene rings is 2. The molecule has 0 aromatic heterocycles. The van der Waals surface area contributed by atoms with Crippen molar-refractivity contribution in [2.45, 2.75) is 6.61 Å². The van der Waals surface area contributed by atoms with Crippen molar-refractivity contribution in [3.63, 3.8) is 0 Å². The standard InChI is InChI=1S/C16H18N2O4S/c1-18(23(2,20)21)15-9-8-14(17-12-19)10-16(15)22-11-13-6-4-3-5-7-13/h3-10,12H,11H2,1-2H3,(H,17,19). The van der Waals surface area contributed by atoms with E-state index < -0.39 is 10.0 Å². The molecule has 0 radical (unpaired) electrons. The predicted octanol–water partition coefficient (Wildman–Crippen LogP) is 2.23. The Bertz CT molecular complexity index is 776. The average molecular weight is 334 g/mol. The number of nitrogens with zero attached hydrogens (tertiary/aromatic N) is 1. The van der Waals surface area contributed by atoms with Gasteiger partial charge in [0.15, 0.2) is 0 Å². The minimum Gasteiger partial charge on any atom is -0.487 e. The fraction of sp³-hybridized carbons (Fsp3) is 0.188. The molecule has 7 heteroatoms. The number of ether oxygens (including phenoxy) is 1. The number of sulfonamides is 1. The van der Waals surface area contributed by atoms with E-state index >= 15 is 0 Å². The van der Waals surface area contributed by atoms with Crippen LogP contribution in [0, 0.1) is 0 Å². The van der Waals surface area contributed by atoms with Gasteiger partial charge in [-0.2, -0.15) is 0 Å². The minimum atomic E-state index is -3.42. The molecule has 0 heterocycles. The predicted molar refractivity (Wildman–Crippen MR) is 90.1 cm³/mol. The van der Waals surface area contributed by atoms with E-state index in [1.165, 1.54) is 7.05 Å². The molecule has 0 saturated carbocycles. The maximum atomic E-state index is 11.8. The van der Waals surface area contributed by atoms with Crippen molar-refractivity contribution in [1.29, 1.82) is 0 Å². The topological polar surface area (TPSA) is 75.7 Å². The molecular weight excluding hydrogens is 316 g/mol. The molecule has 0 unspecified atom stereocenters. The van der Waals surface area contributed by atoms with Gasteiger partial charge in [-0.15, -0.1) is 0 Å². The first kappa shape index (κ1) is 16.8. The average Bonchev–Trinajstić information content (AvgIpc) is 2.53. The van der Waals surface area contributed by atoms with Crippen LogP contribution in [0.3, 0.4) is 0 Å². The minimum absolute atomic E-state index is 0.288. The quantitative estimate of drug-likeness (QED) is 0.788. The summed E-state index contributed by atoms with van der Waals surface area (Å²) in [7, 11) is -1.97. The van der Waals surface area contributed by atoms with Crippen LogP contribution in [0.1, 0.15) is 5.56 Å². The molecule has 0 bridgehead atoms. The Morgan fingerprint density at radius 2 is 1.87 bits per heavy atom. The van der Waals surface area contributed by atoms with Gasteiger partial charge in [0.05, 0.1) is 11.9 Å². The van der Waals surface area contributed by atoms with Crippen molar-refractivity contribution < 1.29 is 17.9 Å². The normalized spacial score (nSPS) is 10.9. The van der Waals surface area contributed by atoms with Crippen LogP contribution in [0.25, 0.3) is 0 Å². The Labute approximate surface area is 135 Å². The van der Waals surface area contributed by atoms with E-state index in [1.54, 1.807) is 18.2 Å². The highest BCUT2D eigenvalue weighted by molar-refractivity contribution is 7.92. The lowest BCUT2D eigenvalue weighted by Gasteiger charge is -2.21. The molecule has 2 aromatic rings. The second kappa shape index (κ2) is 7.15. The lowest BCUT2D eigenvalue weighted by Crippen LogP contribution is -2.25. The molecule has 23 heavy (non-hydrogen) atoms.